The van der Waals surface area contributed by atoms with Crippen molar-refractivity contribution in [3.63, 3.8) is 0 Å². The van der Waals surface area contributed by atoms with Crippen LogP contribution < -0.4 is 5.73 Å². The van der Waals surface area contributed by atoms with E-state index in [0.717, 1.165) is 19.1 Å². The van der Waals surface area contributed by atoms with Crippen molar-refractivity contribution in [3.05, 3.63) is 22.4 Å². The van der Waals surface area contributed by atoms with Crippen LogP contribution in [0, 0.1) is 0 Å². The first-order chi connectivity index (χ1) is 9.83. The first kappa shape index (κ1) is 13.3. The summed E-state index contributed by atoms with van der Waals surface area (Å²) in [5.74, 6) is 0. The maximum Gasteiger partial charge on any atom is 0.0505 e. The fourth-order valence-electron chi connectivity index (χ4n) is 4.51. The van der Waals surface area contributed by atoms with Crippen LogP contribution >= 0.6 is 11.3 Å². The lowest BCUT2D eigenvalue weighted by molar-refractivity contribution is 0.0498. The molecule has 2 atom stereocenters. The van der Waals surface area contributed by atoms with Crippen LogP contribution in [-0.4, -0.2) is 47.1 Å². The van der Waals surface area contributed by atoms with Gasteiger partial charge < -0.3 is 5.73 Å². The molecule has 3 nitrogen and oxygen atoms in total. The van der Waals surface area contributed by atoms with Crippen molar-refractivity contribution in [3.8, 4) is 0 Å². The highest BCUT2D eigenvalue weighted by molar-refractivity contribution is 7.07. The van der Waals surface area contributed by atoms with Gasteiger partial charge in [0.05, 0.1) is 5.54 Å². The summed E-state index contributed by atoms with van der Waals surface area (Å²) in [6.07, 6.45) is 6.74. The number of rotatable bonds is 5. The highest BCUT2D eigenvalue weighted by atomic mass is 32.1. The minimum Gasteiger partial charge on any atom is -0.329 e. The maximum atomic E-state index is 6.35. The van der Waals surface area contributed by atoms with E-state index in [1.165, 1.54) is 50.8 Å². The van der Waals surface area contributed by atoms with Crippen LogP contribution in [0.25, 0.3) is 0 Å². The highest BCUT2D eigenvalue weighted by Gasteiger charge is 2.54. The largest absolute Gasteiger partial charge is 0.329 e. The molecule has 20 heavy (non-hydrogen) atoms. The van der Waals surface area contributed by atoms with Gasteiger partial charge in [-0.2, -0.15) is 11.3 Å². The predicted molar refractivity (Wildman–Crippen MR) is 83.9 cm³/mol. The van der Waals surface area contributed by atoms with E-state index in [-0.39, 0.29) is 5.54 Å². The Hall–Kier alpha value is -0.420. The third-order valence-electron chi connectivity index (χ3n) is 5.66. The molecule has 3 fully saturated rings. The molecule has 3 aliphatic rings. The molecule has 1 aromatic heterocycles. The Morgan fingerprint density at radius 3 is 2.95 bits per heavy atom. The van der Waals surface area contributed by atoms with Gasteiger partial charge in [0.25, 0.3) is 0 Å². The van der Waals surface area contributed by atoms with E-state index in [0.29, 0.717) is 6.04 Å². The molecule has 0 radical (unpaired) electrons. The van der Waals surface area contributed by atoms with Crippen LogP contribution in [0.15, 0.2) is 16.8 Å². The van der Waals surface area contributed by atoms with Gasteiger partial charge in [0.15, 0.2) is 0 Å². The molecule has 1 aliphatic carbocycles. The lowest BCUT2D eigenvalue weighted by Crippen LogP contribution is -2.60. The molecule has 0 spiro atoms. The third-order valence-corrected chi connectivity index (χ3v) is 6.39. The molecule has 2 aliphatic heterocycles. The zero-order valence-corrected chi connectivity index (χ0v) is 12.9. The van der Waals surface area contributed by atoms with Gasteiger partial charge in [0, 0.05) is 31.7 Å². The Balaban J connectivity index is 1.63. The summed E-state index contributed by atoms with van der Waals surface area (Å²) in [5, 5.41) is 4.51. The monoisotopic (exact) mass is 291 g/mol. The summed E-state index contributed by atoms with van der Waals surface area (Å²) in [4.78, 5) is 5.50. The summed E-state index contributed by atoms with van der Waals surface area (Å²) in [6.45, 7) is 4.49. The van der Waals surface area contributed by atoms with E-state index in [9.17, 15) is 0 Å². The summed E-state index contributed by atoms with van der Waals surface area (Å²) in [7, 11) is 0. The quantitative estimate of drug-likeness (QED) is 0.903. The molecule has 2 unspecified atom stereocenters. The predicted octanol–water partition coefficient (Wildman–Crippen LogP) is 2.28. The molecule has 4 rings (SSSR count). The Kier molecular flexibility index (Phi) is 3.38. The first-order valence-corrected chi connectivity index (χ1v) is 9.00. The van der Waals surface area contributed by atoms with Gasteiger partial charge in [0.2, 0.25) is 0 Å². The summed E-state index contributed by atoms with van der Waals surface area (Å²) in [6, 6.07) is 3.79. The van der Waals surface area contributed by atoms with Crippen molar-refractivity contribution >= 4 is 11.3 Å². The molecular weight excluding hydrogens is 266 g/mol. The molecule has 1 saturated carbocycles. The lowest BCUT2D eigenvalue weighted by atomic mass is 9.86. The van der Waals surface area contributed by atoms with Crippen molar-refractivity contribution < 1.29 is 0 Å². The van der Waals surface area contributed by atoms with Crippen molar-refractivity contribution in [2.24, 2.45) is 5.73 Å². The van der Waals surface area contributed by atoms with E-state index in [4.69, 9.17) is 5.73 Å². The fraction of sp³-hybridized carbons (Fsp3) is 0.750. The van der Waals surface area contributed by atoms with Gasteiger partial charge in [-0.25, -0.2) is 0 Å². The number of hydrogen-bond donors (Lipinski definition) is 1. The average molecular weight is 291 g/mol. The summed E-state index contributed by atoms with van der Waals surface area (Å²) in [5.41, 5.74) is 8.08. The third kappa shape index (κ3) is 2.05. The minimum atomic E-state index is 0.250. The number of nitrogens with two attached hydrogens (primary N) is 1. The Labute approximate surface area is 125 Å². The molecule has 1 aromatic rings. The van der Waals surface area contributed by atoms with Crippen molar-refractivity contribution in [1.29, 1.82) is 0 Å². The molecule has 0 bridgehead atoms. The summed E-state index contributed by atoms with van der Waals surface area (Å²) >= 11 is 1.81. The van der Waals surface area contributed by atoms with Crippen LogP contribution in [0.3, 0.4) is 0 Å². The van der Waals surface area contributed by atoms with Gasteiger partial charge in [-0.05, 0) is 61.0 Å². The lowest BCUT2D eigenvalue weighted by Gasteiger charge is -2.45. The second kappa shape index (κ2) is 5.09. The van der Waals surface area contributed by atoms with Gasteiger partial charge in [-0.3, -0.25) is 9.80 Å². The fourth-order valence-corrected chi connectivity index (χ4v) is 5.17. The van der Waals surface area contributed by atoms with Crippen LogP contribution in [-0.2, 0) is 6.54 Å². The van der Waals surface area contributed by atoms with Gasteiger partial charge in [-0.15, -0.1) is 0 Å². The molecule has 2 saturated heterocycles. The van der Waals surface area contributed by atoms with Crippen molar-refractivity contribution in [2.75, 3.05) is 19.6 Å². The minimum absolute atomic E-state index is 0.250. The standard InChI is InChI=1S/C16H25N3S/c17-12-16(6-8-18-7-1-2-15(16)18)19(14-3-4-14)10-13-5-9-20-11-13/h5,9,11,14-15H,1-4,6-8,10,12,17H2. The van der Waals surface area contributed by atoms with Gasteiger partial charge in [0.1, 0.15) is 0 Å². The van der Waals surface area contributed by atoms with Crippen LogP contribution in [0.4, 0.5) is 0 Å². The molecule has 0 aromatic carbocycles. The first-order valence-electron chi connectivity index (χ1n) is 8.05. The Morgan fingerprint density at radius 2 is 2.25 bits per heavy atom. The SMILES string of the molecule is NCC1(N(Cc2ccsc2)C2CC2)CCN2CCCC21. The van der Waals surface area contributed by atoms with Crippen LogP contribution in [0.5, 0.6) is 0 Å². The molecule has 0 amide bonds. The van der Waals surface area contributed by atoms with E-state index >= 15 is 0 Å². The van der Waals surface area contributed by atoms with Gasteiger partial charge >= 0.3 is 0 Å². The number of nitrogens with zero attached hydrogens (tertiary/aromatic N) is 2. The zero-order valence-electron chi connectivity index (χ0n) is 12.1. The number of fused-ring (bicyclic) bond motifs is 1. The number of thiophene rings is 1. The molecule has 4 heteroatoms. The van der Waals surface area contributed by atoms with Crippen LogP contribution in [0.1, 0.15) is 37.7 Å². The second-order valence-corrected chi connectivity index (χ2v) is 7.52. The van der Waals surface area contributed by atoms with Crippen LogP contribution in [0.2, 0.25) is 0 Å². The number of hydrogen-bond acceptors (Lipinski definition) is 4. The molecule has 2 N–H and O–H groups in total. The van der Waals surface area contributed by atoms with E-state index < -0.39 is 0 Å². The van der Waals surface area contributed by atoms with Crippen molar-refractivity contribution in [1.82, 2.24) is 9.80 Å². The summed E-state index contributed by atoms with van der Waals surface area (Å²) < 4.78 is 0. The van der Waals surface area contributed by atoms with E-state index in [1.807, 2.05) is 11.3 Å². The van der Waals surface area contributed by atoms with E-state index in [1.54, 1.807) is 0 Å². The normalized spacial score (nSPS) is 34.0. The second-order valence-electron chi connectivity index (χ2n) is 6.74. The molecule has 3 heterocycles. The topological polar surface area (TPSA) is 32.5 Å². The van der Waals surface area contributed by atoms with E-state index in [2.05, 4.69) is 26.6 Å². The molecular formula is C16H25N3S. The average Bonchev–Trinajstić information content (AvgIpc) is 2.91. The van der Waals surface area contributed by atoms with Gasteiger partial charge in [-0.1, -0.05) is 0 Å². The Morgan fingerprint density at radius 1 is 1.35 bits per heavy atom. The van der Waals surface area contributed by atoms with Crippen molar-refractivity contribution in [2.45, 2.75) is 56.3 Å². The molecule has 110 valence electrons. The Bertz CT molecular complexity index is 456. The zero-order chi connectivity index (χ0) is 13.6. The highest BCUT2D eigenvalue weighted by Crippen LogP contribution is 2.45. The smallest absolute Gasteiger partial charge is 0.0505 e. The maximum absolute atomic E-state index is 6.35.